The van der Waals surface area contributed by atoms with Gasteiger partial charge in [0, 0.05) is 6.42 Å². The number of nitrogens with two attached hydrogens (primary N) is 1. The van der Waals surface area contributed by atoms with Gasteiger partial charge in [-0.15, -0.1) is 0 Å². The molecule has 0 bridgehead atoms. The molecule has 0 saturated heterocycles. The van der Waals surface area contributed by atoms with Gasteiger partial charge in [0.15, 0.2) is 11.5 Å². The molecular formula is C18H21NO4. The lowest BCUT2D eigenvalue weighted by Gasteiger charge is -2.16. The van der Waals surface area contributed by atoms with Gasteiger partial charge in [0.2, 0.25) is 0 Å². The fourth-order valence-corrected chi connectivity index (χ4v) is 2.22. The molecular weight excluding hydrogens is 294 g/mol. The van der Waals surface area contributed by atoms with E-state index in [1.54, 1.807) is 13.2 Å². The minimum atomic E-state index is -0.271. The highest BCUT2D eigenvalue weighted by Crippen LogP contribution is 2.37. The molecule has 0 aromatic heterocycles. The Bertz CT molecular complexity index is 656. The number of rotatable bonds is 7. The number of nitrogen functional groups attached to an aromatic ring is 1. The SMILES string of the molecule is COC(=O)CCc1ccc(OC)c(OCc2ccccc2)c1N. The molecule has 0 radical (unpaired) electrons. The molecule has 0 fully saturated rings. The van der Waals surface area contributed by atoms with Crippen LogP contribution in [0, 0.1) is 0 Å². The fraction of sp³-hybridized carbons (Fsp3) is 0.278. The van der Waals surface area contributed by atoms with E-state index in [2.05, 4.69) is 4.74 Å². The van der Waals surface area contributed by atoms with Crippen molar-refractivity contribution in [3.63, 3.8) is 0 Å². The summed E-state index contributed by atoms with van der Waals surface area (Å²) in [5, 5.41) is 0. The molecule has 2 N–H and O–H groups in total. The van der Waals surface area contributed by atoms with Crippen LogP contribution in [0.25, 0.3) is 0 Å². The first-order valence-electron chi connectivity index (χ1n) is 7.34. The predicted octanol–water partition coefficient (Wildman–Crippen LogP) is 2.96. The first-order valence-corrected chi connectivity index (χ1v) is 7.34. The molecule has 0 saturated carbocycles. The lowest BCUT2D eigenvalue weighted by atomic mass is 10.1. The number of hydrogen-bond donors (Lipinski definition) is 1. The molecule has 23 heavy (non-hydrogen) atoms. The van der Waals surface area contributed by atoms with E-state index in [4.69, 9.17) is 15.2 Å². The monoisotopic (exact) mass is 315 g/mol. The van der Waals surface area contributed by atoms with Gasteiger partial charge in [0.1, 0.15) is 6.61 Å². The van der Waals surface area contributed by atoms with E-state index in [9.17, 15) is 4.79 Å². The van der Waals surface area contributed by atoms with Gasteiger partial charge in [-0.2, -0.15) is 0 Å². The lowest BCUT2D eigenvalue weighted by molar-refractivity contribution is -0.140. The summed E-state index contributed by atoms with van der Waals surface area (Å²) in [5.74, 6) is 0.797. The molecule has 2 aromatic rings. The second-order valence-corrected chi connectivity index (χ2v) is 5.02. The summed E-state index contributed by atoms with van der Waals surface area (Å²) in [7, 11) is 2.94. The number of carbonyl (C=O) groups is 1. The Kier molecular flexibility index (Phi) is 5.86. The third kappa shape index (κ3) is 4.39. The highest BCUT2D eigenvalue weighted by atomic mass is 16.5. The zero-order valence-electron chi connectivity index (χ0n) is 13.4. The van der Waals surface area contributed by atoms with Crippen LogP contribution in [0.4, 0.5) is 5.69 Å². The number of ether oxygens (including phenoxy) is 3. The van der Waals surface area contributed by atoms with Crippen LogP contribution in [-0.2, 0) is 22.6 Å². The molecule has 0 aliphatic heterocycles. The fourth-order valence-electron chi connectivity index (χ4n) is 2.22. The van der Waals surface area contributed by atoms with Gasteiger partial charge in [-0.1, -0.05) is 36.4 Å². The number of methoxy groups -OCH3 is 2. The smallest absolute Gasteiger partial charge is 0.305 e. The third-order valence-corrected chi connectivity index (χ3v) is 3.52. The molecule has 0 unspecified atom stereocenters. The van der Waals surface area contributed by atoms with Gasteiger partial charge < -0.3 is 19.9 Å². The zero-order chi connectivity index (χ0) is 16.7. The first-order chi connectivity index (χ1) is 11.2. The van der Waals surface area contributed by atoms with Gasteiger partial charge in [-0.3, -0.25) is 4.79 Å². The van der Waals surface area contributed by atoms with Crippen molar-refractivity contribution in [2.75, 3.05) is 20.0 Å². The summed E-state index contributed by atoms with van der Waals surface area (Å²) >= 11 is 0. The van der Waals surface area contributed by atoms with Gasteiger partial charge >= 0.3 is 5.97 Å². The molecule has 0 heterocycles. The minimum absolute atomic E-state index is 0.269. The molecule has 0 spiro atoms. The number of esters is 1. The summed E-state index contributed by atoms with van der Waals surface area (Å²) in [6, 6.07) is 13.4. The summed E-state index contributed by atoms with van der Waals surface area (Å²) in [4.78, 5) is 11.3. The number of anilines is 1. The van der Waals surface area contributed by atoms with Crippen LogP contribution in [0.2, 0.25) is 0 Å². The molecule has 0 atom stereocenters. The Morgan fingerprint density at radius 3 is 2.48 bits per heavy atom. The molecule has 2 aromatic carbocycles. The summed E-state index contributed by atoms with van der Waals surface area (Å²) in [5.41, 5.74) is 8.55. The average Bonchev–Trinajstić information content (AvgIpc) is 2.60. The van der Waals surface area contributed by atoms with E-state index >= 15 is 0 Å². The molecule has 0 amide bonds. The van der Waals surface area contributed by atoms with Crippen molar-refractivity contribution >= 4 is 11.7 Å². The van der Waals surface area contributed by atoms with Crippen molar-refractivity contribution in [3.05, 3.63) is 53.6 Å². The second kappa shape index (κ2) is 8.08. The van der Waals surface area contributed by atoms with Crippen molar-refractivity contribution in [2.45, 2.75) is 19.4 Å². The standard InChI is InChI=1S/C18H21NO4/c1-21-15-10-8-14(9-11-16(20)22-2)17(19)18(15)23-12-13-6-4-3-5-7-13/h3-8,10H,9,11-12,19H2,1-2H3. The maximum Gasteiger partial charge on any atom is 0.305 e. The van der Waals surface area contributed by atoms with E-state index in [0.717, 1.165) is 11.1 Å². The maximum atomic E-state index is 11.3. The number of aryl methyl sites for hydroxylation is 1. The largest absolute Gasteiger partial charge is 0.493 e. The highest BCUT2D eigenvalue weighted by Gasteiger charge is 2.14. The molecule has 5 nitrogen and oxygen atoms in total. The van der Waals surface area contributed by atoms with Crippen molar-refractivity contribution < 1.29 is 19.0 Å². The van der Waals surface area contributed by atoms with Crippen LogP contribution in [-0.4, -0.2) is 20.2 Å². The quantitative estimate of drug-likeness (QED) is 0.628. The van der Waals surface area contributed by atoms with E-state index in [1.165, 1.54) is 7.11 Å². The Balaban J connectivity index is 2.17. The Hall–Kier alpha value is -2.69. The molecule has 122 valence electrons. The highest BCUT2D eigenvalue weighted by molar-refractivity contribution is 5.71. The van der Waals surface area contributed by atoms with E-state index < -0.39 is 0 Å². The van der Waals surface area contributed by atoms with Crippen LogP contribution in [0.5, 0.6) is 11.5 Å². The van der Waals surface area contributed by atoms with Crippen molar-refractivity contribution in [2.24, 2.45) is 0 Å². The van der Waals surface area contributed by atoms with Crippen LogP contribution >= 0.6 is 0 Å². The van der Waals surface area contributed by atoms with E-state index in [0.29, 0.717) is 30.2 Å². The average molecular weight is 315 g/mol. The molecule has 5 heteroatoms. The van der Waals surface area contributed by atoms with Crippen molar-refractivity contribution in [1.29, 1.82) is 0 Å². The van der Waals surface area contributed by atoms with Gasteiger partial charge in [0.25, 0.3) is 0 Å². The van der Waals surface area contributed by atoms with Crippen molar-refractivity contribution in [3.8, 4) is 11.5 Å². The topological polar surface area (TPSA) is 70.8 Å². The first kappa shape index (κ1) is 16.7. The summed E-state index contributed by atoms with van der Waals surface area (Å²) in [6.45, 7) is 0.391. The number of carbonyl (C=O) groups excluding carboxylic acids is 1. The Morgan fingerprint density at radius 1 is 1.09 bits per heavy atom. The predicted molar refractivity (Wildman–Crippen MR) is 88.5 cm³/mol. The Labute approximate surface area is 136 Å². The van der Waals surface area contributed by atoms with Crippen LogP contribution in [0.1, 0.15) is 17.5 Å². The molecule has 0 aliphatic rings. The van der Waals surface area contributed by atoms with E-state index in [-0.39, 0.29) is 12.4 Å². The number of benzene rings is 2. The Morgan fingerprint density at radius 2 is 1.83 bits per heavy atom. The van der Waals surface area contributed by atoms with E-state index in [1.807, 2.05) is 36.4 Å². The summed E-state index contributed by atoms with van der Waals surface area (Å²) < 4.78 is 15.8. The maximum absolute atomic E-state index is 11.3. The van der Waals surface area contributed by atoms with Gasteiger partial charge in [0.05, 0.1) is 19.9 Å². The summed E-state index contributed by atoms with van der Waals surface area (Å²) in [6.07, 6.45) is 0.759. The molecule has 2 rings (SSSR count). The normalized spacial score (nSPS) is 10.2. The third-order valence-electron chi connectivity index (χ3n) is 3.52. The van der Waals surface area contributed by atoms with Crippen LogP contribution in [0.15, 0.2) is 42.5 Å². The minimum Gasteiger partial charge on any atom is -0.493 e. The van der Waals surface area contributed by atoms with Crippen molar-refractivity contribution in [1.82, 2.24) is 0 Å². The van der Waals surface area contributed by atoms with Gasteiger partial charge in [-0.05, 0) is 23.6 Å². The number of hydrogen-bond acceptors (Lipinski definition) is 5. The second-order valence-electron chi connectivity index (χ2n) is 5.02. The van der Waals surface area contributed by atoms with Crippen LogP contribution < -0.4 is 15.2 Å². The molecule has 0 aliphatic carbocycles. The van der Waals surface area contributed by atoms with Crippen LogP contribution in [0.3, 0.4) is 0 Å². The lowest BCUT2D eigenvalue weighted by Crippen LogP contribution is -2.06. The van der Waals surface area contributed by atoms with Gasteiger partial charge in [-0.25, -0.2) is 0 Å². The zero-order valence-corrected chi connectivity index (χ0v) is 13.4.